The lowest BCUT2D eigenvalue weighted by molar-refractivity contribution is -0.123. The number of aliphatic hydroxyl groups excluding tert-OH is 1. The quantitative estimate of drug-likeness (QED) is 0.576. The maximum atomic E-state index is 12.1. The fourth-order valence-electron chi connectivity index (χ4n) is 2.12. The van der Waals surface area contributed by atoms with E-state index >= 15 is 0 Å². The molecule has 6 nitrogen and oxygen atoms in total. The lowest BCUT2D eigenvalue weighted by Gasteiger charge is -2.14. The van der Waals surface area contributed by atoms with Gasteiger partial charge in [-0.1, -0.05) is 17.9 Å². The van der Waals surface area contributed by atoms with Crippen LogP contribution in [0.2, 0.25) is 0 Å². The van der Waals surface area contributed by atoms with Crippen LogP contribution in [0, 0.1) is 23.7 Å². The molecular formula is C21H18N2O4. The molecule has 1 amide bonds. The Bertz CT molecular complexity index is 944. The average molecular weight is 362 g/mol. The molecule has 2 aromatic carbocycles. The molecule has 0 aliphatic rings. The van der Waals surface area contributed by atoms with E-state index < -0.39 is 24.3 Å². The first-order chi connectivity index (χ1) is 13.0. The molecule has 27 heavy (non-hydrogen) atoms. The van der Waals surface area contributed by atoms with E-state index in [0.29, 0.717) is 16.7 Å². The number of rotatable bonds is 5. The molecule has 6 heteroatoms. The summed E-state index contributed by atoms with van der Waals surface area (Å²) >= 11 is 0. The minimum atomic E-state index is -0.922. The lowest BCUT2D eigenvalue weighted by Crippen LogP contribution is -2.46. The van der Waals surface area contributed by atoms with Crippen LogP contribution in [0.4, 0.5) is 0 Å². The fraction of sp³-hybridized carbons (Fsp3) is 0.143. The zero-order chi connectivity index (χ0) is 19.6. The number of hydrogen-bond acceptors (Lipinski definition) is 5. The predicted octanol–water partition coefficient (Wildman–Crippen LogP) is 0.414. The van der Waals surface area contributed by atoms with Gasteiger partial charge in [-0.2, -0.15) is 0 Å². The lowest BCUT2D eigenvalue weighted by atomic mass is 10.1. The molecule has 136 valence electrons. The van der Waals surface area contributed by atoms with Crippen molar-refractivity contribution in [1.82, 2.24) is 5.32 Å². The van der Waals surface area contributed by atoms with E-state index in [9.17, 15) is 14.7 Å². The Labute approximate surface area is 157 Å². The van der Waals surface area contributed by atoms with E-state index in [-0.39, 0.29) is 12.3 Å². The molecule has 0 saturated carbocycles. The van der Waals surface area contributed by atoms with Gasteiger partial charge >= 0.3 is 0 Å². The number of phenolic OH excluding ortho intramolecular Hbond substituents is 1. The molecule has 0 radical (unpaired) electrons. The number of amides is 1. The number of ketones is 1. The minimum absolute atomic E-state index is 0.0907. The summed E-state index contributed by atoms with van der Waals surface area (Å²) in [5, 5.41) is 20.7. The summed E-state index contributed by atoms with van der Waals surface area (Å²) in [4.78, 5) is 23.6. The van der Waals surface area contributed by atoms with Gasteiger partial charge in [0.25, 0.3) is 5.91 Å². The molecule has 0 heterocycles. The van der Waals surface area contributed by atoms with Crippen LogP contribution in [0.3, 0.4) is 0 Å². The van der Waals surface area contributed by atoms with Gasteiger partial charge in [-0.3, -0.25) is 9.59 Å². The second-order valence-corrected chi connectivity index (χ2v) is 5.51. The topological polar surface area (TPSA) is 113 Å². The summed E-state index contributed by atoms with van der Waals surface area (Å²) in [6.07, 6.45) is 0. The number of aliphatic hydroxyl groups is 1. The van der Waals surface area contributed by atoms with Crippen molar-refractivity contribution < 1.29 is 19.8 Å². The number of nitrogens with one attached hydrogen (secondary N) is 1. The van der Waals surface area contributed by atoms with E-state index in [1.807, 2.05) is 0 Å². The SMILES string of the molecule is NC[C@H](NC(=O)c1ccc(C#CC#Cc2cccc(O)c2)cc1)C(=O)CO. The van der Waals surface area contributed by atoms with Crippen molar-refractivity contribution in [2.24, 2.45) is 5.73 Å². The van der Waals surface area contributed by atoms with E-state index in [0.717, 1.165) is 0 Å². The van der Waals surface area contributed by atoms with Crippen LogP contribution in [0.25, 0.3) is 0 Å². The molecule has 0 unspecified atom stereocenters. The zero-order valence-electron chi connectivity index (χ0n) is 14.4. The monoisotopic (exact) mass is 362 g/mol. The first-order valence-corrected chi connectivity index (χ1v) is 8.09. The minimum Gasteiger partial charge on any atom is -0.508 e. The highest BCUT2D eigenvalue weighted by molar-refractivity contribution is 5.98. The highest BCUT2D eigenvalue weighted by Crippen LogP contribution is 2.09. The highest BCUT2D eigenvalue weighted by Gasteiger charge is 2.18. The second-order valence-electron chi connectivity index (χ2n) is 5.51. The molecule has 0 saturated heterocycles. The maximum absolute atomic E-state index is 12.1. The number of Topliss-reactive ketones (excluding diaryl/α,β-unsaturated/α-hetero) is 1. The summed E-state index contributed by atoms with van der Waals surface area (Å²) in [7, 11) is 0. The van der Waals surface area contributed by atoms with Gasteiger partial charge in [0.05, 0.1) is 0 Å². The molecule has 2 rings (SSSR count). The van der Waals surface area contributed by atoms with E-state index in [1.165, 1.54) is 6.07 Å². The smallest absolute Gasteiger partial charge is 0.251 e. The Hall–Kier alpha value is -3.58. The summed E-state index contributed by atoms with van der Waals surface area (Å²) in [6.45, 7) is -0.771. The Balaban J connectivity index is 2.02. The number of nitrogens with two attached hydrogens (primary N) is 1. The first kappa shape index (κ1) is 19.7. The van der Waals surface area contributed by atoms with Crippen molar-refractivity contribution in [3.8, 4) is 29.4 Å². The number of phenols is 1. The van der Waals surface area contributed by atoms with Gasteiger partial charge in [-0.25, -0.2) is 0 Å². The van der Waals surface area contributed by atoms with Crippen LogP contribution in [0.15, 0.2) is 48.5 Å². The van der Waals surface area contributed by atoms with E-state index in [1.54, 1.807) is 42.5 Å². The van der Waals surface area contributed by atoms with Crippen molar-refractivity contribution in [3.63, 3.8) is 0 Å². The predicted molar refractivity (Wildman–Crippen MR) is 101 cm³/mol. The van der Waals surface area contributed by atoms with Gasteiger partial charge in [0.2, 0.25) is 0 Å². The third-order valence-corrected chi connectivity index (χ3v) is 3.55. The third-order valence-electron chi connectivity index (χ3n) is 3.55. The fourth-order valence-corrected chi connectivity index (χ4v) is 2.12. The number of carbonyl (C=O) groups excluding carboxylic acids is 2. The Morgan fingerprint density at radius 1 is 1.04 bits per heavy atom. The van der Waals surface area contributed by atoms with Crippen LogP contribution in [0.1, 0.15) is 21.5 Å². The molecule has 0 aromatic heterocycles. The molecule has 0 bridgehead atoms. The average Bonchev–Trinajstić information content (AvgIpc) is 2.69. The normalized spacial score (nSPS) is 10.6. The molecule has 0 spiro atoms. The molecule has 5 N–H and O–H groups in total. The number of carbonyl (C=O) groups is 2. The van der Waals surface area contributed by atoms with Crippen LogP contribution >= 0.6 is 0 Å². The van der Waals surface area contributed by atoms with Crippen molar-refractivity contribution >= 4 is 11.7 Å². The van der Waals surface area contributed by atoms with Crippen molar-refractivity contribution in [3.05, 3.63) is 65.2 Å². The summed E-state index contributed by atoms with van der Waals surface area (Å²) in [5.74, 6) is 10.2. The Kier molecular flexibility index (Phi) is 7.16. The molecule has 2 aromatic rings. The number of benzene rings is 2. The van der Waals surface area contributed by atoms with E-state index in [4.69, 9.17) is 10.8 Å². The molecule has 0 fully saturated rings. The standard InChI is InChI=1S/C21H18N2O4/c22-13-19(20(26)14-24)23-21(27)17-10-8-15(9-11-17)4-1-2-5-16-6-3-7-18(25)12-16/h3,6-12,19,24-25H,13-14,22H2,(H,23,27)/t19-/m0/s1. The largest absolute Gasteiger partial charge is 0.508 e. The van der Waals surface area contributed by atoms with E-state index in [2.05, 4.69) is 29.0 Å². The van der Waals surface area contributed by atoms with Crippen molar-refractivity contribution in [2.75, 3.05) is 13.2 Å². The van der Waals surface area contributed by atoms with Gasteiger partial charge < -0.3 is 21.3 Å². The van der Waals surface area contributed by atoms with Gasteiger partial charge in [0.15, 0.2) is 5.78 Å². The number of hydrogen-bond donors (Lipinski definition) is 4. The van der Waals surface area contributed by atoms with Crippen molar-refractivity contribution in [1.29, 1.82) is 0 Å². The van der Waals surface area contributed by atoms with Gasteiger partial charge in [0, 0.05) is 23.2 Å². The molecule has 0 aliphatic carbocycles. The van der Waals surface area contributed by atoms with Crippen LogP contribution in [-0.4, -0.2) is 41.1 Å². The summed E-state index contributed by atoms with van der Waals surface area (Å²) in [6, 6.07) is 12.1. The first-order valence-electron chi connectivity index (χ1n) is 8.09. The third kappa shape index (κ3) is 6.02. The Morgan fingerprint density at radius 2 is 1.70 bits per heavy atom. The van der Waals surface area contributed by atoms with Gasteiger partial charge in [-0.05, 0) is 54.3 Å². The van der Waals surface area contributed by atoms with Crippen LogP contribution < -0.4 is 11.1 Å². The Morgan fingerprint density at radius 3 is 2.30 bits per heavy atom. The van der Waals surface area contributed by atoms with Gasteiger partial charge in [0.1, 0.15) is 18.4 Å². The number of aromatic hydroxyl groups is 1. The zero-order valence-corrected chi connectivity index (χ0v) is 14.4. The van der Waals surface area contributed by atoms with Crippen molar-refractivity contribution in [2.45, 2.75) is 6.04 Å². The van der Waals surface area contributed by atoms with Crippen LogP contribution in [0.5, 0.6) is 5.75 Å². The maximum Gasteiger partial charge on any atom is 0.251 e. The van der Waals surface area contributed by atoms with Gasteiger partial charge in [-0.15, -0.1) is 0 Å². The molecule has 0 aliphatic heterocycles. The summed E-state index contributed by atoms with van der Waals surface area (Å²) < 4.78 is 0. The molecule has 1 atom stereocenters. The van der Waals surface area contributed by atoms with Crippen LogP contribution in [-0.2, 0) is 4.79 Å². The second kappa shape index (κ2) is 9.79. The highest BCUT2D eigenvalue weighted by atomic mass is 16.3. The molecular weight excluding hydrogens is 344 g/mol. The summed E-state index contributed by atoms with van der Waals surface area (Å²) in [5.41, 5.74) is 7.09.